The number of amides is 2. The monoisotopic (exact) mass is 405 g/mol. The Bertz CT molecular complexity index is 642. The Kier molecular flexibility index (Phi) is 6.92. The van der Waals surface area contributed by atoms with E-state index in [2.05, 4.69) is 37.5 Å². The second kappa shape index (κ2) is 9.07. The molecule has 164 valence electrons. The summed E-state index contributed by atoms with van der Waals surface area (Å²) in [6, 6.07) is 0.872. The van der Waals surface area contributed by atoms with E-state index in [9.17, 15) is 9.59 Å². The number of hydrogen-bond acceptors (Lipinski definition) is 4. The van der Waals surface area contributed by atoms with Crippen LogP contribution in [0.15, 0.2) is 11.3 Å². The van der Waals surface area contributed by atoms with Crippen LogP contribution in [0.2, 0.25) is 0 Å². The van der Waals surface area contributed by atoms with Crippen molar-refractivity contribution in [2.75, 3.05) is 32.8 Å². The molecule has 2 saturated heterocycles. The summed E-state index contributed by atoms with van der Waals surface area (Å²) in [6.07, 6.45) is 6.00. The topological polar surface area (TPSA) is 53.1 Å². The van der Waals surface area contributed by atoms with Gasteiger partial charge in [0.15, 0.2) is 0 Å². The van der Waals surface area contributed by atoms with Crippen LogP contribution in [-0.4, -0.2) is 71.6 Å². The van der Waals surface area contributed by atoms with Crippen LogP contribution in [0.5, 0.6) is 0 Å². The van der Waals surface area contributed by atoms with Crippen LogP contribution in [0, 0.1) is 5.41 Å². The molecule has 2 fully saturated rings. The van der Waals surface area contributed by atoms with Crippen molar-refractivity contribution in [3.8, 4) is 0 Å². The van der Waals surface area contributed by atoms with Gasteiger partial charge in [0.2, 0.25) is 5.91 Å². The maximum atomic E-state index is 13.2. The molecular formula is C23H39N3O3. The van der Waals surface area contributed by atoms with E-state index in [0.717, 1.165) is 64.7 Å². The molecule has 0 saturated carbocycles. The zero-order valence-electron chi connectivity index (χ0n) is 19.0. The number of piperidine rings is 2. The zero-order chi connectivity index (χ0) is 21.2. The summed E-state index contributed by atoms with van der Waals surface area (Å²) in [7, 11) is 0. The summed E-state index contributed by atoms with van der Waals surface area (Å²) in [5, 5.41) is 0. The summed E-state index contributed by atoms with van der Waals surface area (Å²) >= 11 is 0. The standard InChI is InChI=1S/C23H39N3O3/c1-6-8-20-17(3)23(4,5)21(27)26(20)19-11-13-24(14-12-19)18-9-15-25(16-10-18)22(28)29-7-2/h18-19H,6-16H2,1-5H3. The van der Waals surface area contributed by atoms with Gasteiger partial charge in [0.1, 0.15) is 0 Å². The molecule has 3 aliphatic heterocycles. The van der Waals surface area contributed by atoms with Crippen LogP contribution in [-0.2, 0) is 9.53 Å². The third-order valence-corrected chi connectivity index (χ3v) is 7.27. The van der Waals surface area contributed by atoms with Gasteiger partial charge < -0.3 is 19.4 Å². The van der Waals surface area contributed by atoms with Crippen molar-refractivity contribution in [1.82, 2.24) is 14.7 Å². The number of ether oxygens (including phenoxy) is 1. The number of carbonyl (C=O) groups excluding carboxylic acids is 2. The van der Waals surface area contributed by atoms with E-state index in [1.807, 2.05) is 11.8 Å². The fourth-order valence-electron chi connectivity index (χ4n) is 5.19. The number of rotatable bonds is 5. The number of likely N-dealkylation sites (tertiary alicyclic amines) is 2. The highest BCUT2D eigenvalue weighted by molar-refractivity contribution is 5.90. The molecule has 0 spiro atoms. The number of allylic oxidation sites excluding steroid dienone is 1. The van der Waals surface area contributed by atoms with Gasteiger partial charge >= 0.3 is 6.09 Å². The molecule has 3 rings (SSSR count). The highest BCUT2D eigenvalue weighted by Gasteiger charge is 2.46. The summed E-state index contributed by atoms with van der Waals surface area (Å²) in [5.41, 5.74) is 2.18. The fourth-order valence-corrected chi connectivity index (χ4v) is 5.19. The van der Waals surface area contributed by atoms with Gasteiger partial charge in [-0.2, -0.15) is 0 Å². The zero-order valence-corrected chi connectivity index (χ0v) is 19.0. The minimum absolute atomic E-state index is 0.176. The number of hydrogen-bond donors (Lipinski definition) is 0. The predicted molar refractivity (Wildman–Crippen MR) is 114 cm³/mol. The van der Waals surface area contributed by atoms with Crippen LogP contribution in [0.4, 0.5) is 4.79 Å². The Balaban J connectivity index is 1.56. The lowest BCUT2D eigenvalue weighted by Gasteiger charge is -2.43. The maximum Gasteiger partial charge on any atom is 0.409 e. The van der Waals surface area contributed by atoms with E-state index in [-0.39, 0.29) is 11.5 Å². The molecule has 0 aromatic carbocycles. The average Bonchev–Trinajstić information content (AvgIpc) is 2.89. The molecule has 0 bridgehead atoms. The SMILES string of the molecule is CCCC1=C(C)C(C)(C)C(=O)N1C1CCN(C2CCN(C(=O)OCC)CC2)CC1. The van der Waals surface area contributed by atoms with Crippen molar-refractivity contribution < 1.29 is 14.3 Å². The van der Waals surface area contributed by atoms with E-state index in [1.165, 1.54) is 11.3 Å². The van der Waals surface area contributed by atoms with Crippen LogP contribution in [0.3, 0.4) is 0 Å². The van der Waals surface area contributed by atoms with Crippen LogP contribution in [0.25, 0.3) is 0 Å². The smallest absolute Gasteiger partial charge is 0.409 e. The van der Waals surface area contributed by atoms with E-state index < -0.39 is 0 Å². The van der Waals surface area contributed by atoms with Gasteiger partial charge in [-0.25, -0.2) is 4.79 Å². The van der Waals surface area contributed by atoms with Gasteiger partial charge in [-0.3, -0.25) is 4.79 Å². The van der Waals surface area contributed by atoms with E-state index in [1.54, 1.807) is 0 Å². The average molecular weight is 406 g/mol. The molecule has 0 N–H and O–H groups in total. The van der Waals surface area contributed by atoms with Gasteiger partial charge in [-0.15, -0.1) is 0 Å². The van der Waals surface area contributed by atoms with Gasteiger partial charge in [-0.1, -0.05) is 13.3 Å². The highest BCUT2D eigenvalue weighted by Crippen LogP contribution is 2.43. The fraction of sp³-hybridized carbons (Fsp3) is 0.826. The molecule has 0 radical (unpaired) electrons. The largest absolute Gasteiger partial charge is 0.450 e. The molecule has 3 aliphatic rings. The van der Waals surface area contributed by atoms with Crippen LogP contribution in [0.1, 0.15) is 73.1 Å². The maximum absolute atomic E-state index is 13.2. The molecule has 0 aliphatic carbocycles. The van der Waals surface area contributed by atoms with Gasteiger partial charge in [0.05, 0.1) is 12.0 Å². The Hall–Kier alpha value is -1.56. The molecular weight excluding hydrogens is 366 g/mol. The van der Waals surface area contributed by atoms with Gasteiger partial charge in [0.25, 0.3) is 0 Å². The Morgan fingerprint density at radius 3 is 2.17 bits per heavy atom. The summed E-state index contributed by atoms with van der Waals surface area (Å²) in [5.74, 6) is 0.291. The second-order valence-electron chi connectivity index (χ2n) is 9.31. The lowest BCUT2D eigenvalue weighted by atomic mass is 9.86. The normalized spacial score (nSPS) is 24.5. The molecule has 0 aromatic rings. The quantitative estimate of drug-likeness (QED) is 0.693. The minimum atomic E-state index is -0.360. The van der Waals surface area contributed by atoms with E-state index in [4.69, 9.17) is 4.74 Å². The van der Waals surface area contributed by atoms with Crippen molar-refractivity contribution >= 4 is 12.0 Å². The Labute approximate surface area is 176 Å². The van der Waals surface area contributed by atoms with Gasteiger partial charge in [0, 0.05) is 44.0 Å². The Morgan fingerprint density at radius 2 is 1.62 bits per heavy atom. The first-order valence-electron chi connectivity index (χ1n) is 11.5. The first-order valence-corrected chi connectivity index (χ1v) is 11.5. The number of carbonyl (C=O) groups is 2. The lowest BCUT2D eigenvalue weighted by molar-refractivity contribution is -0.137. The predicted octanol–water partition coefficient (Wildman–Crippen LogP) is 4.01. The minimum Gasteiger partial charge on any atom is -0.450 e. The second-order valence-corrected chi connectivity index (χ2v) is 9.31. The Morgan fingerprint density at radius 1 is 1.03 bits per heavy atom. The van der Waals surface area contributed by atoms with E-state index >= 15 is 0 Å². The molecule has 0 atom stereocenters. The molecule has 6 heteroatoms. The van der Waals surface area contributed by atoms with Crippen LogP contribution >= 0.6 is 0 Å². The van der Waals surface area contributed by atoms with Crippen molar-refractivity contribution in [2.24, 2.45) is 5.41 Å². The van der Waals surface area contributed by atoms with Crippen molar-refractivity contribution in [2.45, 2.75) is 85.2 Å². The highest BCUT2D eigenvalue weighted by atomic mass is 16.6. The molecule has 6 nitrogen and oxygen atoms in total. The van der Waals surface area contributed by atoms with Gasteiger partial charge in [-0.05, 0) is 65.4 Å². The molecule has 29 heavy (non-hydrogen) atoms. The first kappa shape index (κ1) is 22.1. The number of nitrogens with zero attached hydrogens (tertiary/aromatic N) is 3. The summed E-state index contributed by atoms with van der Waals surface area (Å²) < 4.78 is 5.13. The first-order chi connectivity index (χ1) is 13.8. The third-order valence-electron chi connectivity index (χ3n) is 7.27. The van der Waals surface area contributed by atoms with Crippen molar-refractivity contribution in [3.63, 3.8) is 0 Å². The molecule has 0 aromatic heterocycles. The third kappa shape index (κ3) is 4.32. The van der Waals surface area contributed by atoms with Crippen LogP contribution < -0.4 is 0 Å². The molecule has 2 amide bonds. The lowest BCUT2D eigenvalue weighted by Crippen LogP contribution is -2.52. The molecule has 0 unspecified atom stereocenters. The van der Waals surface area contributed by atoms with Crippen molar-refractivity contribution in [3.05, 3.63) is 11.3 Å². The van der Waals surface area contributed by atoms with Crippen molar-refractivity contribution in [1.29, 1.82) is 0 Å². The summed E-state index contributed by atoms with van der Waals surface area (Å²) in [4.78, 5) is 31.7. The van der Waals surface area contributed by atoms with E-state index in [0.29, 0.717) is 24.6 Å². The molecule has 3 heterocycles. The summed E-state index contributed by atoms with van der Waals surface area (Å²) in [6.45, 7) is 14.4.